The molecule has 0 saturated heterocycles. The molecule has 70 heavy (non-hydrogen) atoms. The van der Waals surface area contributed by atoms with E-state index in [2.05, 4.69) is 243 Å². The van der Waals surface area contributed by atoms with Gasteiger partial charge in [-0.15, -0.1) is 0 Å². The summed E-state index contributed by atoms with van der Waals surface area (Å²) in [5, 5.41) is 0. The lowest BCUT2D eigenvalue weighted by Crippen LogP contribution is -2.62. The Morgan fingerprint density at radius 1 is 0.371 bits per heavy atom. The first-order chi connectivity index (χ1) is 33.4. The van der Waals surface area contributed by atoms with E-state index in [-0.39, 0.29) is 33.9 Å². The van der Waals surface area contributed by atoms with E-state index in [1.54, 1.807) is 0 Å². The van der Waals surface area contributed by atoms with Crippen molar-refractivity contribution in [3.8, 4) is 44.5 Å². The summed E-state index contributed by atoms with van der Waals surface area (Å²) in [5.41, 5.74) is 28.2. The van der Waals surface area contributed by atoms with Crippen molar-refractivity contribution in [1.29, 1.82) is 0 Å². The molecule has 0 saturated carbocycles. The van der Waals surface area contributed by atoms with E-state index in [1.807, 2.05) is 0 Å². The molecule has 0 unspecified atom stereocenters. The molecule has 3 aliphatic carbocycles. The average Bonchev–Trinajstić information content (AvgIpc) is 3.59. The van der Waals surface area contributed by atoms with Gasteiger partial charge < -0.3 is 9.71 Å². The van der Waals surface area contributed by atoms with Crippen LogP contribution in [-0.4, -0.2) is 6.85 Å². The van der Waals surface area contributed by atoms with Crippen molar-refractivity contribution in [3.05, 3.63) is 197 Å². The highest BCUT2D eigenvalue weighted by molar-refractivity contribution is 6.94. The fourth-order valence-corrected chi connectivity index (χ4v) is 13.8. The van der Waals surface area contributed by atoms with E-state index in [4.69, 9.17) is 0 Å². The molecule has 0 atom stereocenters. The third-order valence-electron chi connectivity index (χ3n) is 18.2. The van der Waals surface area contributed by atoms with Gasteiger partial charge >= 0.3 is 6.85 Å². The number of hydrogen-bond acceptors (Lipinski definition) is 2. The number of nitrogens with zero attached hydrogens (tertiary/aromatic N) is 2. The van der Waals surface area contributed by atoms with E-state index in [0.29, 0.717) is 0 Å². The molecule has 2 nitrogen and oxygen atoms in total. The summed E-state index contributed by atoms with van der Waals surface area (Å²) in [4.78, 5) is 5.51. The van der Waals surface area contributed by atoms with Gasteiger partial charge in [0.15, 0.2) is 0 Å². The van der Waals surface area contributed by atoms with Crippen LogP contribution in [0.5, 0.6) is 0 Å². The lowest BCUT2D eigenvalue weighted by Gasteiger charge is -2.49. The second-order valence-corrected chi connectivity index (χ2v) is 24.6. The molecule has 8 aromatic rings. The van der Waals surface area contributed by atoms with Gasteiger partial charge in [0.2, 0.25) is 0 Å². The maximum atomic E-state index is 2.79. The first kappa shape index (κ1) is 43.4. The molecule has 0 N–H and O–H groups in total. The van der Waals surface area contributed by atoms with E-state index in [9.17, 15) is 0 Å². The van der Waals surface area contributed by atoms with Gasteiger partial charge in [0.25, 0.3) is 0 Å². The van der Waals surface area contributed by atoms with Crippen LogP contribution in [0.4, 0.5) is 28.4 Å². The lowest BCUT2D eigenvalue weighted by molar-refractivity contribution is 0.332. The van der Waals surface area contributed by atoms with Crippen molar-refractivity contribution in [2.24, 2.45) is 0 Å². The zero-order valence-electron chi connectivity index (χ0n) is 42.9. The van der Waals surface area contributed by atoms with Gasteiger partial charge in [0.05, 0.1) is 5.69 Å². The van der Waals surface area contributed by atoms with Crippen molar-refractivity contribution in [2.75, 3.05) is 9.71 Å². The average molecular weight is 909 g/mol. The third kappa shape index (κ3) is 6.18. The summed E-state index contributed by atoms with van der Waals surface area (Å²) in [6.45, 7) is 24.6. The van der Waals surface area contributed by atoms with Crippen LogP contribution in [-0.2, 0) is 27.1 Å². The largest absolute Gasteiger partial charge is 0.376 e. The van der Waals surface area contributed by atoms with Gasteiger partial charge in [-0.2, -0.15) is 0 Å². The minimum atomic E-state index is -0.219. The van der Waals surface area contributed by atoms with Gasteiger partial charge in [0, 0.05) is 39.3 Å². The Bertz CT molecular complexity index is 3460. The van der Waals surface area contributed by atoms with Gasteiger partial charge in [-0.3, -0.25) is 0 Å². The van der Waals surface area contributed by atoms with Crippen LogP contribution in [0.3, 0.4) is 0 Å². The number of benzene rings is 8. The molecule has 0 spiro atoms. The fourth-order valence-electron chi connectivity index (χ4n) is 13.8. The van der Waals surface area contributed by atoms with Crippen LogP contribution in [0.1, 0.15) is 128 Å². The number of anilines is 5. The topological polar surface area (TPSA) is 6.48 Å². The molecule has 346 valence electrons. The molecule has 0 amide bonds. The Morgan fingerprint density at radius 3 is 1.56 bits per heavy atom. The van der Waals surface area contributed by atoms with Crippen molar-refractivity contribution in [1.82, 2.24) is 0 Å². The smallest absolute Gasteiger partial charge is 0.333 e. The van der Waals surface area contributed by atoms with Gasteiger partial charge in [-0.05, 0) is 174 Å². The highest BCUT2D eigenvalue weighted by Gasteiger charge is 2.51. The Hall–Kier alpha value is -6.58. The maximum Gasteiger partial charge on any atom is 0.333 e. The summed E-state index contributed by atoms with van der Waals surface area (Å²) in [7, 11) is 0. The summed E-state index contributed by atoms with van der Waals surface area (Å²) in [6.07, 6.45) is 4.68. The van der Waals surface area contributed by atoms with Crippen LogP contribution in [0.15, 0.2) is 164 Å². The molecule has 3 heteroatoms. The second kappa shape index (κ2) is 14.7. The number of hydrogen-bond donors (Lipinski definition) is 0. The standard InChI is InChI=1S/C67H65BN2/c1-63(2)33-34-64(3,4)53-38-47(30-31-52(53)63)70-58-32-27-45(43-21-15-12-16-22-43)37-49(58)50-39-56-60(48-23-17-18-24-51(48)67(56,9)10)62-61(50)68(70)57-40-54-55(66(7,8)36-35-65(54,5)6)41-59(57)69(62)46-28-25-44(26-29-46)42-19-13-11-14-20-42/h11-32,37-41H,33-36H2,1-10H3. The van der Waals surface area contributed by atoms with Gasteiger partial charge in [-0.1, -0.05) is 184 Å². The van der Waals surface area contributed by atoms with E-state index in [1.165, 1.54) is 130 Å². The highest BCUT2D eigenvalue weighted by Crippen LogP contribution is 2.59. The minimum absolute atomic E-state index is 0.0188. The zero-order chi connectivity index (χ0) is 48.3. The van der Waals surface area contributed by atoms with Gasteiger partial charge in [-0.25, -0.2) is 0 Å². The molecule has 0 radical (unpaired) electrons. The van der Waals surface area contributed by atoms with E-state index >= 15 is 0 Å². The molecular weight excluding hydrogens is 844 g/mol. The van der Waals surface area contributed by atoms with Crippen molar-refractivity contribution >= 4 is 46.2 Å². The lowest BCUT2D eigenvalue weighted by atomic mass is 9.42. The molecule has 0 fully saturated rings. The number of rotatable bonds is 4. The third-order valence-corrected chi connectivity index (χ3v) is 18.2. The Balaban J connectivity index is 1.19. The molecule has 5 aliphatic rings. The van der Waals surface area contributed by atoms with Crippen LogP contribution >= 0.6 is 0 Å². The molecule has 13 rings (SSSR count). The van der Waals surface area contributed by atoms with Crippen molar-refractivity contribution in [3.63, 3.8) is 0 Å². The fraction of sp³-hybridized carbons (Fsp3) is 0.284. The van der Waals surface area contributed by atoms with E-state index in [0.717, 1.165) is 12.8 Å². The highest BCUT2D eigenvalue weighted by atomic mass is 15.2. The van der Waals surface area contributed by atoms with Crippen LogP contribution < -0.4 is 20.6 Å². The monoisotopic (exact) mass is 909 g/mol. The molecule has 2 aliphatic heterocycles. The zero-order valence-corrected chi connectivity index (χ0v) is 42.9. The second-order valence-electron chi connectivity index (χ2n) is 24.6. The Labute approximate surface area is 417 Å². The molecule has 0 bridgehead atoms. The predicted octanol–water partition coefficient (Wildman–Crippen LogP) is 16.7. The summed E-state index contributed by atoms with van der Waals surface area (Å²) in [5.74, 6) is 0. The van der Waals surface area contributed by atoms with Crippen LogP contribution in [0.25, 0.3) is 44.5 Å². The molecular formula is C67H65BN2. The maximum absolute atomic E-state index is 2.79. The summed E-state index contributed by atoms with van der Waals surface area (Å²) < 4.78 is 0. The number of fused-ring (bicyclic) bond motifs is 10. The first-order valence-corrected chi connectivity index (χ1v) is 26.0. The Morgan fingerprint density at radius 2 is 0.900 bits per heavy atom. The minimum Gasteiger partial charge on any atom is -0.376 e. The van der Waals surface area contributed by atoms with E-state index < -0.39 is 0 Å². The molecule has 2 heterocycles. The van der Waals surface area contributed by atoms with Crippen molar-refractivity contribution < 1.29 is 0 Å². The summed E-state index contributed by atoms with van der Waals surface area (Å²) in [6, 6.07) is 63.6. The first-order valence-electron chi connectivity index (χ1n) is 26.0. The van der Waals surface area contributed by atoms with Crippen LogP contribution in [0, 0.1) is 0 Å². The van der Waals surface area contributed by atoms with Gasteiger partial charge in [0.1, 0.15) is 0 Å². The SMILES string of the molecule is CC1(C)CCC(C)(C)c2cc(N3B4c5cc6c(cc5N(c5ccc(-c7ccccc7)cc5)c5c4c(cc4c5-c5ccccc5C4(C)C)-c4cc(-c5ccccc5)ccc43)C(C)(C)CCC6(C)C)ccc21. The quantitative estimate of drug-likeness (QED) is 0.162. The molecule has 8 aromatic carbocycles. The van der Waals surface area contributed by atoms with Crippen molar-refractivity contribution in [2.45, 2.75) is 122 Å². The Kier molecular flexibility index (Phi) is 9.15. The summed E-state index contributed by atoms with van der Waals surface area (Å²) >= 11 is 0. The molecule has 0 aromatic heterocycles. The predicted molar refractivity (Wildman–Crippen MR) is 299 cm³/mol. The van der Waals surface area contributed by atoms with Crippen LogP contribution in [0.2, 0.25) is 0 Å². The normalized spacial score (nSPS) is 18.7.